The van der Waals surface area contributed by atoms with Crippen LogP contribution in [0.1, 0.15) is 35.3 Å². The first-order valence-electron chi connectivity index (χ1n) is 9.65. The molecule has 1 aromatic heterocycles. The molecule has 1 amide bonds. The number of hydrogen-bond acceptors (Lipinski definition) is 5. The fraction of sp³-hybridized carbons (Fsp3) is 0.333. The zero-order valence-electron chi connectivity index (χ0n) is 16.0. The third-order valence-corrected chi connectivity index (χ3v) is 6.14. The number of nitrogens with zero attached hydrogens (tertiary/aromatic N) is 3. The highest BCUT2D eigenvalue weighted by molar-refractivity contribution is 9.10. The maximum Gasteiger partial charge on any atom is 0.289 e. The summed E-state index contributed by atoms with van der Waals surface area (Å²) in [6.45, 7) is 0.443. The van der Waals surface area contributed by atoms with Crippen molar-refractivity contribution >= 4 is 45.4 Å². The lowest BCUT2D eigenvalue weighted by atomic mass is 9.80. The van der Waals surface area contributed by atoms with Gasteiger partial charge in [0.25, 0.3) is 5.91 Å². The molecule has 2 aliphatic rings. The maximum absolute atomic E-state index is 12.7. The lowest BCUT2D eigenvalue weighted by Gasteiger charge is -2.35. The minimum atomic E-state index is -0.417. The molecule has 0 bridgehead atoms. The van der Waals surface area contributed by atoms with Gasteiger partial charge in [-0.2, -0.15) is 10.2 Å². The number of carbonyl (C=O) groups excluding carboxylic acids is 2. The van der Waals surface area contributed by atoms with Crippen molar-refractivity contribution in [2.75, 3.05) is 0 Å². The molecule has 1 aliphatic carbocycles. The number of hydrazone groups is 1. The molecule has 2 heterocycles. The van der Waals surface area contributed by atoms with Crippen LogP contribution in [0.4, 0.5) is 0 Å². The molecule has 1 aliphatic heterocycles. The molecule has 3 unspecified atom stereocenters. The third kappa shape index (κ3) is 4.65. The third-order valence-electron chi connectivity index (χ3n) is 5.25. The van der Waals surface area contributed by atoms with E-state index in [1.165, 1.54) is 12.5 Å². The number of aromatic nitrogens is 2. The van der Waals surface area contributed by atoms with E-state index in [1.54, 1.807) is 16.9 Å². The van der Waals surface area contributed by atoms with Crippen LogP contribution in [-0.4, -0.2) is 39.2 Å². The van der Waals surface area contributed by atoms with E-state index in [-0.39, 0.29) is 23.2 Å². The summed E-state index contributed by atoms with van der Waals surface area (Å²) in [5.41, 5.74) is 4.15. The van der Waals surface area contributed by atoms with Gasteiger partial charge in [0.1, 0.15) is 11.8 Å². The summed E-state index contributed by atoms with van der Waals surface area (Å²) < 4.78 is 8.22. The molecule has 156 valence electrons. The molecule has 1 aromatic carbocycles. The van der Waals surface area contributed by atoms with Gasteiger partial charge in [-0.3, -0.25) is 14.3 Å². The lowest BCUT2D eigenvalue weighted by Crippen LogP contribution is -2.40. The quantitative estimate of drug-likeness (QED) is 0.393. The second-order valence-electron chi connectivity index (χ2n) is 7.33. The molecule has 1 fully saturated rings. The van der Waals surface area contributed by atoms with Crippen LogP contribution in [0.3, 0.4) is 0 Å². The predicted octanol–water partition coefficient (Wildman–Crippen LogP) is 3.67. The number of carbonyl (C=O) groups is 2. The molecule has 2 aromatic rings. The molecule has 7 nitrogen and oxygen atoms in total. The van der Waals surface area contributed by atoms with Crippen molar-refractivity contribution in [3.8, 4) is 0 Å². The molecule has 1 N–H and O–H groups in total. The Hall–Kier alpha value is -2.45. The van der Waals surface area contributed by atoms with Crippen molar-refractivity contribution in [2.45, 2.75) is 37.3 Å². The van der Waals surface area contributed by atoms with Crippen LogP contribution in [0.5, 0.6) is 0 Å². The van der Waals surface area contributed by atoms with Crippen molar-refractivity contribution < 1.29 is 14.3 Å². The highest BCUT2D eigenvalue weighted by atomic mass is 79.9. The molecule has 0 spiro atoms. The van der Waals surface area contributed by atoms with Crippen LogP contribution >= 0.6 is 27.5 Å². The molecule has 4 rings (SSSR count). The Kier molecular flexibility index (Phi) is 6.34. The molecular weight excluding hydrogens is 472 g/mol. The second kappa shape index (κ2) is 9.14. The van der Waals surface area contributed by atoms with Gasteiger partial charge in [-0.15, -0.1) is 11.6 Å². The first-order valence-corrected chi connectivity index (χ1v) is 10.9. The zero-order valence-corrected chi connectivity index (χ0v) is 18.3. The van der Waals surface area contributed by atoms with Crippen molar-refractivity contribution in [3.05, 3.63) is 64.1 Å². The Morgan fingerprint density at radius 1 is 1.40 bits per heavy atom. The highest BCUT2D eigenvalue weighted by Crippen LogP contribution is 2.34. The minimum Gasteiger partial charge on any atom is -0.496 e. The first-order chi connectivity index (χ1) is 14.5. The highest BCUT2D eigenvalue weighted by Gasteiger charge is 2.39. The number of rotatable bonds is 5. The van der Waals surface area contributed by atoms with Crippen molar-refractivity contribution in [1.82, 2.24) is 15.2 Å². The van der Waals surface area contributed by atoms with E-state index in [0.29, 0.717) is 24.2 Å². The van der Waals surface area contributed by atoms with E-state index >= 15 is 0 Å². The molecule has 9 heteroatoms. The Morgan fingerprint density at radius 3 is 3.10 bits per heavy atom. The van der Waals surface area contributed by atoms with Crippen LogP contribution < -0.4 is 5.43 Å². The number of ketones is 1. The van der Waals surface area contributed by atoms with Crippen LogP contribution in [0.25, 0.3) is 0 Å². The summed E-state index contributed by atoms with van der Waals surface area (Å²) in [4.78, 5) is 25.2. The molecule has 3 atom stereocenters. The van der Waals surface area contributed by atoms with E-state index in [9.17, 15) is 9.59 Å². The van der Waals surface area contributed by atoms with Crippen molar-refractivity contribution in [1.29, 1.82) is 0 Å². The number of Topliss-reactive ketones (excluding diaryl/α,β-unsaturated/α-hetero) is 1. The van der Waals surface area contributed by atoms with Crippen molar-refractivity contribution in [3.63, 3.8) is 0 Å². The monoisotopic (exact) mass is 490 g/mol. The Morgan fingerprint density at radius 2 is 2.27 bits per heavy atom. The Balaban J connectivity index is 1.39. The summed E-state index contributed by atoms with van der Waals surface area (Å²) in [5, 5.41) is 8.15. The number of allylic oxidation sites excluding steroid dienone is 1. The zero-order chi connectivity index (χ0) is 21.1. The summed E-state index contributed by atoms with van der Waals surface area (Å²) in [5.74, 6) is -0.718. The Labute approximate surface area is 187 Å². The SMILES string of the molecule is O=C(N/N=C/C1=COC2CCC(Cl)CC2C1=O)c1ccnn1Cc1cccc(Br)c1. The van der Waals surface area contributed by atoms with Gasteiger partial charge >= 0.3 is 0 Å². The van der Waals surface area contributed by atoms with Crippen LogP contribution in [-0.2, 0) is 16.1 Å². The molecule has 30 heavy (non-hydrogen) atoms. The number of amides is 1. The van der Waals surface area contributed by atoms with Gasteiger partial charge < -0.3 is 4.74 Å². The molecule has 0 radical (unpaired) electrons. The van der Waals surface area contributed by atoms with Crippen LogP contribution in [0, 0.1) is 5.92 Å². The summed E-state index contributed by atoms with van der Waals surface area (Å²) in [6, 6.07) is 9.39. The van der Waals surface area contributed by atoms with E-state index in [1.807, 2.05) is 24.3 Å². The summed E-state index contributed by atoms with van der Waals surface area (Å²) >= 11 is 9.64. The number of ether oxygens (including phenoxy) is 1. The van der Waals surface area contributed by atoms with Crippen molar-refractivity contribution in [2.24, 2.45) is 11.0 Å². The van der Waals surface area contributed by atoms with Gasteiger partial charge in [0.05, 0.1) is 30.5 Å². The van der Waals surface area contributed by atoms with Gasteiger partial charge in [0, 0.05) is 16.0 Å². The van der Waals surface area contributed by atoms with Gasteiger partial charge in [-0.05, 0) is 43.0 Å². The molecular formula is C21H20BrClN4O3. The fourth-order valence-electron chi connectivity index (χ4n) is 3.73. The Bertz CT molecular complexity index is 1020. The number of alkyl halides is 1. The second-order valence-corrected chi connectivity index (χ2v) is 8.86. The van der Waals surface area contributed by atoms with E-state index < -0.39 is 5.91 Å². The largest absolute Gasteiger partial charge is 0.496 e. The van der Waals surface area contributed by atoms with E-state index in [2.05, 4.69) is 31.6 Å². The van der Waals surface area contributed by atoms with Gasteiger partial charge in [0.2, 0.25) is 0 Å². The summed E-state index contributed by atoms with van der Waals surface area (Å²) in [7, 11) is 0. The number of fused-ring (bicyclic) bond motifs is 1. The molecule has 1 saturated carbocycles. The standard InChI is InChI=1S/C21H20BrClN4O3/c22-15-3-1-2-13(8-15)11-27-18(6-7-25-27)21(29)26-24-10-14-12-30-19-5-4-16(23)9-17(19)20(14)28/h1-3,6-8,10,12,16-17,19H,4-5,9,11H2,(H,26,29)/b24-10+. The van der Waals surface area contributed by atoms with E-state index in [0.717, 1.165) is 22.9 Å². The maximum atomic E-state index is 12.7. The van der Waals surface area contributed by atoms with Gasteiger partial charge in [0.15, 0.2) is 5.78 Å². The van der Waals surface area contributed by atoms with Gasteiger partial charge in [-0.1, -0.05) is 28.1 Å². The summed E-state index contributed by atoms with van der Waals surface area (Å²) in [6.07, 6.45) is 6.39. The van der Waals surface area contributed by atoms with E-state index in [4.69, 9.17) is 16.3 Å². The predicted molar refractivity (Wildman–Crippen MR) is 116 cm³/mol. The number of benzene rings is 1. The smallest absolute Gasteiger partial charge is 0.289 e. The topological polar surface area (TPSA) is 85.6 Å². The first kappa shape index (κ1) is 20.8. The average molecular weight is 492 g/mol. The lowest BCUT2D eigenvalue weighted by molar-refractivity contribution is -0.126. The van der Waals surface area contributed by atoms with Crippen LogP contribution in [0.2, 0.25) is 0 Å². The fourth-order valence-corrected chi connectivity index (χ4v) is 4.50. The minimum absolute atomic E-state index is 0.0136. The number of halogens is 2. The average Bonchev–Trinajstić information content (AvgIpc) is 3.18. The molecule has 0 saturated heterocycles. The van der Waals surface area contributed by atoms with Crippen LogP contribution in [0.15, 0.2) is 57.9 Å². The number of nitrogens with one attached hydrogen (secondary N) is 1. The van der Waals surface area contributed by atoms with Gasteiger partial charge in [-0.25, -0.2) is 5.43 Å². The number of hydrogen-bond donors (Lipinski definition) is 1. The normalized spacial score (nSPS) is 23.6.